The van der Waals surface area contributed by atoms with Crippen molar-refractivity contribution >= 4 is 12.0 Å². The number of hydrogen-bond acceptors (Lipinski definition) is 5. The highest BCUT2D eigenvalue weighted by molar-refractivity contribution is 5.84. The molecule has 2 aromatic rings. The van der Waals surface area contributed by atoms with E-state index in [9.17, 15) is 19.4 Å². The van der Waals surface area contributed by atoms with E-state index in [4.69, 9.17) is 9.47 Å². The summed E-state index contributed by atoms with van der Waals surface area (Å²) in [6, 6.07) is 8.37. The largest absolute Gasteiger partial charge is 0.496 e. The quantitative estimate of drug-likeness (QED) is 0.449. The number of methoxy groups -OCH3 is 1. The van der Waals surface area contributed by atoms with Crippen molar-refractivity contribution in [1.29, 1.82) is 0 Å². The average Bonchev–Trinajstić information content (AvgIpc) is 2.76. The van der Waals surface area contributed by atoms with Gasteiger partial charge < -0.3 is 19.7 Å². The molecule has 0 fully saturated rings. The molecule has 2 atom stereocenters. The number of hydrogen-bond donors (Lipinski definition) is 2. The first-order chi connectivity index (χ1) is 15.7. The lowest BCUT2D eigenvalue weighted by Crippen LogP contribution is -2.20. The van der Waals surface area contributed by atoms with Gasteiger partial charge in [-0.2, -0.15) is 0 Å². The fraction of sp³-hybridized carbons (Fsp3) is 0.444. The number of ether oxygens (including phenoxy) is 2. The number of halogens is 1. The average molecular weight is 459 g/mol. The van der Waals surface area contributed by atoms with Gasteiger partial charge in [0.15, 0.2) is 0 Å². The van der Waals surface area contributed by atoms with Crippen molar-refractivity contribution in [3.8, 4) is 16.9 Å². The van der Waals surface area contributed by atoms with Crippen molar-refractivity contribution in [3.63, 3.8) is 0 Å². The molecule has 0 heterocycles. The summed E-state index contributed by atoms with van der Waals surface area (Å²) in [5.74, 6) is 0.0786. The number of aliphatic hydroxyl groups excluding tert-OH is 2. The van der Waals surface area contributed by atoms with E-state index in [1.165, 1.54) is 12.1 Å². The molecule has 0 aliphatic heterocycles. The molecule has 2 N–H and O–H groups in total. The third kappa shape index (κ3) is 7.14. The molecular formula is C27H35FO5. The van der Waals surface area contributed by atoms with Crippen molar-refractivity contribution in [1.82, 2.24) is 0 Å². The van der Waals surface area contributed by atoms with Gasteiger partial charge in [-0.1, -0.05) is 51.1 Å². The Bertz CT molecular complexity index is 950. The highest BCUT2D eigenvalue weighted by Gasteiger charge is 2.21. The lowest BCUT2D eigenvalue weighted by atomic mass is 9.86. The van der Waals surface area contributed by atoms with Gasteiger partial charge in [0, 0.05) is 12.0 Å². The minimum atomic E-state index is -1.01. The summed E-state index contributed by atoms with van der Waals surface area (Å²) in [4.78, 5) is 11.6. The first-order valence-corrected chi connectivity index (χ1v) is 11.4. The van der Waals surface area contributed by atoms with Gasteiger partial charge in [0.2, 0.25) is 0 Å². The molecule has 0 saturated heterocycles. The molecule has 5 nitrogen and oxygen atoms in total. The molecule has 0 aliphatic rings. The summed E-state index contributed by atoms with van der Waals surface area (Å²) >= 11 is 0. The topological polar surface area (TPSA) is 76.0 Å². The van der Waals surface area contributed by atoms with E-state index in [1.807, 2.05) is 6.08 Å². The molecule has 0 aliphatic carbocycles. The number of aliphatic hydroxyl groups is 2. The first kappa shape index (κ1) is 26.6. The van der Waals surface area contributed by atoms with Crippen LogP contribution in [0.25, 0.3) is 17.2 Å². The lowest BCUT2D eigenvalue weighted by molar-refractivity contribution is -0.145. The minimum Gasteiger partial charge on any atom is -0.496 e. The molecule has 6 heteroatoms. The zero-order chi connectivity index (χ0) is 24.5. The van der Waals surface area contributed by atoms with Gasteiger partial charge in [-0.25, -0.2) is 4.39 Å². The van der Waals surface area contributed by atoms with E-state index in [0.29, 0.717) is 5.75 Å². The van der Waals surface area contributed by atoms with Crippen molar-refractivity contribution < 1.29 is 28.9 Å². The maximum atomic E-state index is 13.6. The number of benzene rings is 2. The number of carbonyl (C=O) groups is 1. The summed E-state index contributed by atoms with van der Waals surface area (Å²) in [5, 5.41) is 20.6. The van der Waals surface area contributed by atoms with Gasteiger partial charge in [-0.3, -0.25) is 4.79 Å². The fourth-order valence-electron chi connectivity index (χ4n) is 3.87. The van der Waals surface area contributed by atoms with Gasteiger partial charge in [0.1, 0.15) is 11.6 Å². The molecule has 0 spiro atoms. The molecule has 2 aromatic carbocycles. The number of rotatable bonds is 11. The molecular weight excluding hydrogens is 423 g/mol. The van der Waals surface area contributed by atoms with Crippen LogP contribution in [-0.4, -0.2) is 42.1 Å². The first-order valence-electron chi connectivity index (χ1n) is 11.4. The minimum absolute atomic E-state index is 0.00237. The van der Waals surface area contributed by atoms with Crippen LogP contribution < -0.4 is 4.74 Å². The Morgan fingerprint density at radius 2 is 1.82 bits per heavy atom. The smallest absolute Gasteiger partial charge is 0.308 e. The van der Waals surface area contributed by atoms with Crippen LogP contribution in [0.4, 0.5) is 4.39 Å². The maximum absolute atomic E-state index is 13.6. The van der Waals surface area contributed by atoms with E-state index in [0.717, 1.165) is 34.2 Å². The predicted molar refractivity (Wildman–Crippen MR) is 129 cm³/mol. The second kappa shape index (κ2) is 12.5. The zero-order valence-electron chi connectivity index (χ0n) is 20.1. The molecule has 0 amide bonds. The Morgan fingerprint density at radius 1 is 1.15 bits per heavy atom. The summed E-state index contributed by atoms with van der Waals surface area (Å²) in [6.45, 7) is 8.18. The molecule has 0 bridgehead atoms. The second-order valence-electron chi connectivity index (χ2n) is 8.29. The van der Waals surface area contributed by atoms with Crippen LogP contribution in [0.15, 0.2) is 36.4 Å². The molecule has 33 heavy (non-hydrogen) atoms. The normalized spacial score (nSPS) is 13.4. The summed E-state index contributed by atoms with van der Waals surface area (Å²) < 4.78 is 24.2. The van der Waals surface area contributed by atoms with Crippen LogP contribution in [-0.2, 0) is 16.0 Å². The van der Waals surface area contributed by atoms with E-state index in [2.05, 4.69) is 26.8 Å². The van der Waals surface area contributed by atoms with Crippen molar-refractivity contribution in [2.24, 2.45) is 0 Å². The Labute approximate surface area is 195 Å². The lowest BCUT2D eigenvalue weighted by Gasteiger charge is -2.22. The van der Waals surface area contributed by atoms with E-state index in [-0.39, 0.29) is 31.2 Å². The molecule has 0 radical (unpaired) electrons. The molecule has 0 saturated carbocycles. The monoisotopic (exact) mass is 458 g/mol. The number of esters is 1. The maximum Gasteiger partial charge on any atom is 0.308 e. The fourth-order valence-corrected chi connectivity index (χ4v) is 3.87. The van der Waals surface area contributed by atoms with Crippen molar-refractivity contribution in [3.05, 3.63) is 58.9 Å². The van der Waals surface area contributed by atoms with Crippen LogP contribution in [0, 0.1) is 5.82 Å². The van der Waals surface area contributed by atoms with Crippen LogP contribution >= 0.6 is 0 Å². The van der Waals surface area contributed by atoms with E-state index < -0.39 is 18.2 Å². The van der Waals surface area contributed by atoms with Crippen LogP contribution in [0.2, 0.25) is 0 Å². The number of carbonyl (C=O) groups excluding carboxylic acids is 1. The van der Waals surface area contributed by atoms with Crippen molar-refractivity contribution in [2.75, 3.05) is 13.7 Å². The van der Waals surface area contributed by atoms with Crippen LogP contribution in [0.1, 0.15) is 63.1 Å². The number of aryl methyl sites for hydroxylation is 1. The van der Waals surface area contributed by atoms with Crippen LogP contribution in [0.5, 0.6) is 5.75 Å². The standard InChI is InChI=1S/C27H35FO5/c1-6-18-14-24(17(3)4)23(13-12-21(29)15-22(30)16-25(31)33-7-2)26(27(18)32-5)19-8-10-20(28)11-9-19/h8-14,17,21-22,29-30H,6-7,15-16H2,1-5H3. The summed E-state index contributed by atoms with van der Waals surface area (Å²) in [6.07, 6.45) is 2.04. The van der Waals surface area contributed by atoms with Gasteiger partial charge >= 0.3 is 5.97 Å². The molecule has 180 valence electrons. The molecule has 2 unspecified atom stereocenters. The Kier molecular flexibility index (Phi) is 10.1. The van der Waals surface area contributed by atoms with Gasteiger partial charge in [-0.15, -0.1) is 0 Å². The Hall–Kier alpha value is -2.70. The Morgan fingerprint density at radius 3 is 2.36 bits per heavy atom. The third-order valence-corrected chi connectivity index (χ3v) is 5.47. The third-order valence-electron chi connectivity index (χ3n) is 5.47. The zero-order valence-corrected chi connectivity index (χ0v) is 20.1. The summed E-state index contributed by atoms with van der Waals surface area (Å²) in [7, 11) is 1.62. The molecule has 0 aromatic heterocycles. The van der Waals surface area contributed by atoms with E-state index >= 15 is 0 Å². The Balaban J connectivity index is 2.49. The highest BCUT2D eigenvalue weighted by Crippen LogP contribution is 2.41. The highest BCUT2D eigenvalue weighted by atomic mass is 19.1. The second-order valence-corrected chi connectivity index (χ2v) is 8.29. The van der Waals surface area contributed by atoms with Crippen LogP contribution in [0.3, 0.4) is 0 Å². The van der Waals surface area contributed by atoms with E-state index in [1.54, 1.807) is 32.2 Å². The van der Waals surface area contributed by atoms with Gasteiger partial charge in [0.25, 0.3) is 0 Å². The SMILES string of the molecule is CCOC(=O)CC(O)CC(O)C=Cc1c(C(C)C)cc(CC)c(OC)c1-c1ccc(F)cc1. The molecule has 2 rings (SSSR count). The van der Waals surface area contributed by atoms with Crippen molar-refractivity contribution in [2.45, 2.75) is 65.1 Å². The van der Waals surface area contributed by atoms with Gasteiger partial charge in [-0.05, 0) is 53.6 Å². The van der Waals surface area contributed by atoms with Gasteiger partial charge in [0.05, 0.1) is 32.3 Å². The predicted octanol–water partition coefficient (Wildman–Crippen LogP) is 5.27. The summed E-state index contributed by atoms with van der Waals surface area (Å²) in [5.41, 5.74) is 4.62.